The maximum absolute atomic E-state index is 11.1. The highest BCUT2D eigenvalue weighted by molar-refractivity contribution is 5.92. The first-order chi connectivity index (χ1) is 7.61. The quantitative estimate of drug-likeness (QED) is 0.802. The van der Waals surface area contributed by atoms with E-state index in [1.165, 1.54) is 6.07 Å². The molecule has 0 aliphatic carbocycles. The summed E-state index contributed by atoms with van der Waals surface area (Å²) in [5.74, 6) is -0.981. The number of rotatable bonds is 5. The molecule has 1 atom stereocenters. The van der Waals surface area contributed by atoms with Crippen LogP contribution in [0.3, 0.4) is 0 Å². The molecule has 0 aliphatic heterocycles. The van der Waals surface area contributed by atoms with Gasteiger partial charge in [0.15, 0.2) is 0 Å². The molecule has 0 radical (unpaired) electrons. The minimum Gasteiger partial charge on any atom is -0.507 e. The van der Waals surface area contributed by atoms with Gasteiger partial charge in [0.05, 0.1) is 0 Å². The lowest BCUT2D eigenvalue weighted by Crippen LogP contribution is -2.07. The summed E-state index contributed by atoms with van der Waals surface area (Å²) in [6.07, 6.45) is 2.84. The van der Waals surface area contributed by atoms with Gasteiger partial charge in [-0.25, -0.2) is 4.79 Å². The Hall–Kier alpha value is -1.51. The number of phenols is 1. The van der Waals surface area contributed by atoms with E-state index < -0.39 is 5.97 Å². The van der Waals surface area contributed by atoms with Crippen molar-refractivity contribution >= 4 is 5.97 Å². The zero-order chi connectivity index (χ0) is 12.1. The molecule has 1 rings (SSSR count). The molecule has 3 heteroatoms. The fraction of sp³-hybridized carbons (Fsp3) is 0.462. The monoisotopic (exact) mass is 222 g/mol. The van der Waals surface area contributed by atoms with Crippen molar-refractivity contribution in [2.45, 2.75) is 39.0 Å². The van der Waals surface area contributed by atoms with Gasteiger partial charge in [0, 0.05) is 0 Å². The van der Waals surface area contributed by atoms with Gasteiger partial charge in [-0.1, -0.05) is 32.4 Å². The number of carbonyl (C=O) groups is 1. The molecule has 88 valence electrons. The maximum Gasteiger partial charge on any atom is 0.339 e. The minimum atomic E-state index is -1.05. The number of hydrogen-bond donors (Lipinski definition) is 2. The predicted molar refractivity (Wildman–Crippen MR) is 63.0 cm³/mol. The first kappa shape index (κ1) is 12.6. The Morgan fingerprint density at radius 3 is 2.56 bits per heavy atom. The van der Waals surface area contributed by atoms with Crippen molar-refractivity contribution in [1.82, 2.24) is 0 Å². The van der Waals surface area contributed by atoms with Gasteiger partial charge in [-0.2, -0.15) is 0 Å². The van der Waals surface area contributed by atoms with Gasteiger partial charge in [0.2, 0.25) is 0 Å². The van der Waals surface area contributed by atoms with Gasteiger partial charge >= 0.3 is 5.97 Å². The smallest absolute Gasteiger partial charge is 0.339 e. The molecule has 1 aromatic carbocycles. The van der Waals surface area contributed by atoms with Crippen molar-refractivity contribution in [3.8, 4) is 5.75 Å². The van der Waals surface area contributed by atoms with Crippen LogP contribution in [-0.4, -0.2) is 16.2 Å². The minimum absolute atomic E-state index is 0.0581. The second-order valence-corrected chi connectivity index (χ2v) is 3.94. The Morgan fingerprint density at radius 1 is 1.38 bits per heavy atom. The molecule has 0 spiro atoms. The predicted octanol–water partition coefficient (Wildman–Crippen LogP) is 3.38. The Bertz CT molecular complexity index is 371. The summed E-state index contributed by atoms with van der Waals surface area (Å²) in [6.45, 7) is 4.11. The van der Waals surface area contributed by atoms with E-state index in [4.69, 9.17) is 5.11 Å². The summed E-state index contributed by atoms with van der Waals surface area (Å²) in [6, 6.07) is 4.92. The Kier molecular flexibility index (Phi) is 4.35. The second kappa shape index (κ2) is 5.54. The molecule has 0 bridgehead atoms. The van der Waals surface area contributed by atoms with Crippen LogP contribution in [0.25, 0.3) is 0 Å². The summed E-state index contributed by atoms with van der Waals surface area (Å²) in [4.78, 5) is 11.1. The SMILES string of the molecule is CCCC(CC)c1cccc(O)c1C(=O)O. The van der Waals surface area contributed by atoms with Crippen molar-refractivity contribution in [3.05, 3.63) is 29.3 Å². The normalized spacial score (nSPS) is 12.4. The highest BCUT2D eigenvalue weighted by Crippen LogP contribution is 2.32. The molecule has 0 aliphatic rings. The fourth-order valence-corrected chi connectivity index (χ4v) is 2.06. The highest BCUT2D eigenvalue weighted by Gasteiger charge is 2.20. The topological polar surface area (TPSA) is 57.5 Å². The molecule has 0 heterocycles. The number of aromatic carboxylic acids is 1. The lowest BCUT2D eigenvalue weighted by molar-refractivity contribution is 0.0691. The zero-order valence-corrected chi connectivity index (χ0v) is 9.73. The number of carboxylic acids is 1. The molecular formula is C13H18O3. The molecule has 3 nitrogen and oxygen atoms in total. The average Bonchev–Trinajstić information content (AvgIpc) is 2.25. The first-order valence-corrected chi connectivity index (χ1v) is 5.66. The Labute approximate surface area is 95.7 Å². The highest BCUT2D eigenvalue weighted by atomic mass is 16.4. The molecule has 16 heavy (non-hydrogen) atoms. The van der Waals surface area contributed by atoms with Gasteiger partial charge in [0.1, 0.15) is 11.3 Å². The van der Waals surface area contributed by atoms with E-state index in [0.717, 1.165) is 24.8 Å². The van der Waals surface area contributed by atoms with Crippen LogP contribution < -0.4 is 0 Å². The standard InChI is InChI=1S/C13H18O3/c1-3-6-9(4-2)10-7-5-8-11(14)12(10)13(15)16/h5,7-9,14H,3-4,6H2,1-2H3,(H,15,16). The van der Waals surface area contributed by atoms with Crippen molar-refractivity contribution in [2.75, 3.05) is 0 Å². The van der Waals surface area contributed by atoms with Crippen molar-refractivity contribution in [1.29, 1.82) is 0 Å². The van der Waals surface area contributed by atoms with Crippen molar-refractivity contribution < 1.29 is 15.0 Å². The molecular weight excluding hydrogens is 204 g/mol. The first-order valence-electron chi connectivity index (χ1n) is 5.66. The number of carboxylic acid groups (broad SMARTS) is 1. The van der Waals surface area contributed by atoms with E-state index >= 15 is 0 Å². The molecule has 0 saturated heterocycles. The zero-order valence-electron chi connectivity index (χ0n) is 9.73. The summed E-state index contributed by atoms with van der Waals surface area (Å²) in [5.41, 5.74) is 0.805. The van der Waals surface area contributed by atoms with E-state index in [9.17, 15) is 9.90 Å². The van der Waals surface area contributed by atoms with E-state index in [1.54, 1.807) is 12.1 Å². The lowest BCUT2D eigenvalue weighted by Gasteiger charge is -2.17. The van der Waals surface area contributed by atoms with Crippen LogP contribution in [-0.2, 0) is 0 Å². The van der Waals surface area contributed by atoms with Crippen LogP contribution in [0.15, 0.2) is 18.2 Å². The summed E-state index contributed by atoms with van der Waals surface area (Å²) < 4.78 is 0. The third kappa shape index (κ3) is 2.54. The maximum atomic E-state index is 11.1. The van der Waals surface area contributed by atoms with Crippen LogP contribution in [0.5, 0.6) is 5.75 Å². The van der Waals surface area contributed by atoms with Crippen LogP contribution >= 0.6 is 0 Å². The fourth-order valence-electron chi connectivity index (χ4n) is 2.06. The molecule has 1 aromatic rings. The summed E-state index contributed by atoms with van der Waals surface area (Å²) >= 11 is 0. The average molecular weight is 222 g/mol. The second-order valence-electron chi connectivity index (χ2n) is 3.94. The molecule has 0 amide bonds. The molecule has 0 aromatic heterocycles. The number of hydrogen-bond acceptors (Lipinski definition) is 2. The van der Waals surface area contributed by atoms with Gasteiger partial charge in [0.25, 0.3) is 0 Å². The van der Waals surface area contributed by atoms with Crippen molar-refractivity contribution in [3.63, 3.8) is 0 Å². The summed E-state index contributed by atoms with van der Waals surface area (Å²) in [7, 11) is 0. The van der Waals surface area contributed by atoms with Crippen LogP contribution in [0, 0.1) is 0 Å². The van der Waals surface area contributed by atoms with E-state index in [1.807, 2.05) is 6.92 Å². The Balaban J connectivity index is 3.20. The van der Waals surface area contributed by atoms with E-state index in [2.05, 4.69) is 6.92 Å². The molecule has 0 saturated carbocycles. The molecule has 0 fully saturated rings. The Morgan fingerprint density at radius 2 is 2.06 bits per heavy atom. The van der Waals surface area contributed by atoms with E-state index in [-0.39, 0.29) is 17.2 Å². The van der Waals surface area contributed by atoms with Crippen LogP contribution in [0.2, 0.25) is 0 Å². The van der Waals surface area contributed by atoms with Crippen LogP contribution in [0.4, 0.5) is 0 Å². The number of aromatic hydroxyl groups is 1. The number of benzene rings is 1. The largest absolute Gasteiger partial charge is 0.507 e. The summed E-state index contributed by atoms with van der Waals surface area (Å²) in [5, 5.41) is 18.7. The van der Waals surface area contributed by atoms with E-state index in [0.29, 0.717) is 0 Å². The van der Waals surface area contributed by atoms with Crippen molar-refractivity contribution in [2.24, 2.45) is 0 Å². The third-order valence-corrected chi connectivity index (χ3v) is 2.86. The molecule has 2 N–H and O–H groups in total. The molecule has 1 unspecified atom stereocenters. The van der Waals surface area contributed by atoms with Gasteiger partial charge < -0.3 is 10.2 Å². The lowest BCUT2D eigenvalue weighted by atomic mass is 9.88. The third-order valence-electron chi connectivity index (χ3n) is 2.86. The van der Waals surface area contributed by atoms with Gasteiger partial charge in [-0.3, -0.25) is 0 Å². The van der Waals surface area contributed by atoms with Crippen LogP contribution in [0.1, 0.15) is 54.9 Å². The van der Waals surface area contributed by atoms with Gasteiger partial charge in [-0.05, 0) is 30.4 Å². The van der Waals surface area contributed by atoms with Gasteiger partial charge in [-0.15, -0.1) is 0 Å².